The zero-order valence-corrected chi connectivity index (χ0v) is 17.1. The second kappa shape index (κ2) is 8.67. The van der Waals surface area contributed by atoms with Crippen molar-refractivity contribution in [3.05, 3.63) is 22.7 Å². The zero-order chi connectivity index (χ0) is 19.6. The summed E-state index contributed by atoms with van der Waals surface area (Å²) in [5, 5.41) is 3.53. The van der Waals surface area contributed by atoms with Crippen molar-refractivity contribution in [2.24, 2.45) is 5.92 Å². The maximum Gasteiger partial charge on any atom is 0.255 e. The summed E-state index contributed by atoms with van der Waals surface area (Å²) in [7, 11) is 1.52. The number of methoxy groups -OCH3 is 1. The quantitative estimate of drug-likeness (QED) is 0.724. The predicted octanol–water partition coefficient (Wildman–Crippen LogP) is 2.94. The first-order valence-electron chi connectivity index (χ1n) is 9.66. The molecular weight excluding hydrogens is 366 g/mol. The van der Waals surface area contributed by atoms with E-state index >= 15 is 0 Å². The summed E-state index contributed by atoms with van der Waals surface area (Å²) in [6, 6.07) is 4.01. The van der Waals surface area contributed by atoms with E-state index in [4.69, 9.17) is 26.8 Å². The van der Waals surface area contributed by atoms with Gasteiger partial charge in [-0.05, 0) is 37.8 Å². The maximum absolute atomic E-state index is 12.8. The molecule has 0 aliphatic carbocycles. The minimum absolute atomic E-state index is 0.118. The molecule has 2 bridgehead atoms. The lowest BCUT2D eigenvalue weighted by Crippen LogP contribution is -2.60. The van der Waals surface area contributed by atoms with Crippen molar-refractivity contribution in [3.8, 4) is 5.75 Å². The number of hydrogen-bond acceptors (Lipinski definition) is 5. The van der Waals surface area contributed by atoms with Gasteiger partial charge in [0.1, 0.15) is 5.75 Å². The molecule has 7 heteroatoms. The van der Waals surface area contributed by atoms with E-state index in [1.165, 1.54) is 13.5 Å². The fraction of sp³-hybridized carbons (Fsp3) is 0.650. The molecule has 2 saturated heterocycles. The van der Waals surface area contributed by atoms with E-state index in [9.17, 15) is 4.79 Å². The van der Waals surface area contributed by atoms with E-state index in [1.807, 2.05) is 0 Å². The molecule has 2 aliphatic heterocycles. The largest absolute Gasteiger partial charge is 0.496 e. The van der Waals surface area contributed by atoms with E-state index in [0.717, 1.165) is 32.6 Å². The molecule has 2 unspecified atom stereocenters. The molecule has 6 nitrogen and oxygen atoms in total. The normalized spacial score (nSPS) is 25.4. The third-order valence-corrected chi connectivity index (χ3v) is 5.86. The second-order valence-corrected chi connectivity index (χ2v) is 8.39. The molecule has 1 aromatic carbocycles. The van der Waals surface area contributed by atoms with E-state index in [1.54, 1.807) is 12.1 Å². The molecule has 2 heterocycles. The number of carbonyl (C=O) groups excluding carboxylic acids is 1. The first kappa shape index (κ1) is 20.2. The number of nitrogens with one attached hydrogen (secondary N) is 1. The second-order valence-electron chi connectivity index (χ2n) is 7.98. The van der Waals surface area contributed by atoms with Crippen LogP contribution in [0, 0.1) is 5.92 Å². The molecule has 1 aromatic rings. The Bertz CT molecular complexity index is 669. The lowest BCUT2D eigenvalue weighted by molar-refractivity contribution is -0.0812. The highest BCUT2D eigenvalue weighted by molar-refractivity contribution is 6.33. The van der Waals surface area contributed by atoms with E-state index in [-0.39, 0.29) is 11.9 Å². The minimum Gasteiger partial charge on any atom is -0.496 e. The van der Waals surface area contributed by atoms with Gasteiger partial charge in [0.25, 0.3) is 5.91 Å². The van der Waals surface area contributed by atoms with Gasteiger partial charge in [0.2, 0.25) is 0 Å². The number of amides is 1. The van der Waals surface area contributed by atoms with Crippen LogP contribution in [0.1, 0.15) is 43.5 Å². The van der Waals surface area contributed by atoms with Crippen LogP contribution in [0.15, 0.2) is 12.1 Å². The Hall–Kier alpha value is -1.50. The van der Waals surface area contributed by atoms with E-state index in [2.05, 4.69) is 24.1 Å². The number of rotatable bonds is 6. The van der Waals surface area contributed by atoms with Crippen LogP contribution >= 0.6 is 11.6 Å². The predicted molar refractivity (Wildman–Crippen MR) is 107 cm³/mol. The molecule has 2 atom stereocenters. The van der Waals surface area contributed by atoms with Crippen molar-refractivity contribution < 1.29 is 14.3 Å². The lowest BCUT2D eigenvalue weighted by atomic mass is 9.89. The summed E-state index contributed by atoms with van der Waals surface area (Å²) in [6.45, 7) is 7.07. The molecule has 2 aliphatic rings. The van der Waals surface area contributed by atoms with E-state index in [0.29, 0.717) is 40.0 Å². The van der Waals surface area contributed by atoms with Crippen molar-refractivity contribution in [1.29, 1.82) is 0 Å². The number of ether oxygens (including phenoxy) is 2. The number of piperidine rings is 1. The van der Waals surface area contributed by atoms with Gasteiger partial charge in [0.15, 0.2) is 0 Å². The Labute approximate surface area is 166 Å². The molecular formula is C20H30ClN3O3. The molecule has 150 valence electrons. The molecule has 27 heavy (non-hydrogen) atoms. The topological polar surface area (TPSA) is 76.8 Å². The van der Waals surface area contributed by atoms with Crippen LogP contribution in [-0.2, 0) is 4.74 Å². The Morgan fingerprint density at radius 1 is 1.37 bits per heavy atom. The average Bonchev–Trinajstić information content (AvgIpc) is 2.61. The maximum atomic E-state index is 12.8. The van der Waals surface area contributed by atoms with Crippen LogP contribution in [0.3, 0.4) is 0 Å². The van der Waals surface area contributed by atoms with Crippen molar-refractivity contribution in [1.82, 2.24) is 10.2 Å². The van der Waals surface area contributed by atoms with Gasteiger partial charge < -0.3 is 20.5 Å². The Morgan fingerprint density at radius 3 is 2.63 bits per heavy atom. The number of anilines is 1. The molecule has 3 N–H and O–H groups in total. The monoisotopic (exact) mass is 395 g/mol. The summed E-state index contributed by atoms with van der Waals surface area (Å²) in [6.07, 6.45) is 2.97. The number of halogens is 1. The van der Waals surface area contributed by atoms with Gasteiger partial charge in [-0.15, -0.1) is 0 Å². The number of nitrogens with zero attached hydrogens (tertiary/aromatic N) is 1. The highest BCUT2D eigenvalue weighted by atomic mass is 35.5. The summed E-state index contributed by atoms with van der Waals surface area (Å²) in [4.78, 5) is 15.4. The van der Waals surface area contributed by atoms with Crippen LogP contribution in [0.25, 0.3) is 0 Å². The van der Waals surface area contributed by atoms with Gasteiger partial charge in [0.05, 0.1) is 36.6 Å². The van der Waals surface area contributed by atoms with Crippen LogP contribution < -0.4 is 15.8 Å². The number of benzene rings is 1. The minimum atomic E-state index is -0.173. The Balaban J connectivity index is 1.67. The number of carbonyl (C=O) groups is 1. The molecule has 3 rings (SSSR count). The van der Waals surface area contributed by atoms with Gasteiger partial charge in [0, 0.05) is 24.2 Å². The molecule has 0 spiro atoms. The first-order chi connectivity index (χ1) is 12.9. The number of nitrogens with two attached hydrogens (primary N) is 1. The van der Waals surface area contributed by atoms with Crippen LogP contribution in [-0.4, -0.2) is 55.8 Å². The molecule has 2 fully saturated rings. The van der Waals surface area contributed by atoms with Crippen LogP contribution in [0.5, 0.6) is 5.75 Å². The molecule has 0 radical (unpaired) electrons. The van der Waals surface area contributed by atoms with Crippen molar-refractivity contribution in [3.63, 3.8) is 0 Å². The third kappa shape index (κ3) is 4.68. The summed E-state index contributed by atoms with van der Waals surface area (Å²) < 4.78 is 11.1. The van der Waals surface area contributed by atoms with Crippen LogP contribution in [0.2, 0.25) is 5.02 Å². The average molecular weight is 396 g/mol. The Morgan fingerprint density at radius 2 is 2.04 bits per heavy atom. The molecule has 0 saturated carbocycles. The molecule has 0 aromatic heterocycles. The van der Waals surface area contributed by atoms with Gasteiger partial charge in [-0.1, -0.05) is 25.4 Å². The fourth-order valence-electron chi connectivity index (χ4n) is 4.06. The number of morpholine rings is 1. The molecule has 1 amide bonds. The lowest BCUT2D eigenvalue weighted by Gasteiger charge is -2.48. The summed E-state index contributed by atoms with van der Waals surface area (Å²) in [5.41, 5.74) is 6.63. The Kier molecular flexibility index (Phi) is 6.50. The van der Waals surface area contributed by atoms with Crippen molar-refractivity contribution >= 4 is 23.2 Å². The summed E-state index contributed by atoms with van der Waals surface area (Å²) in [5.74, 6) is 0.951. The first-order valence-corrected chi connectivity index (χ1v) is 10.0. The van der Waals surface area contributed by atoms with Gasteiger partial charge in [-0.25, -0.2) is 0 Å². The third-order valence-electron chi connectivity index (χ3n) is 5.53. The van der Waals surface area contributed by atoms with E-state index < -0.39 is 0 Å². The fourth-order valence-corrected chi connectivity index (χ4v) is 4.22. The van der Waals surface area contributed by atoms with Gasteiger partial charge >= 0.3 is 0 Å². The summed E-state index contributed by atoms with van der Waals surface area (Å²) >= 11 is 6.10. The van der Waals surface area contributed by atoms with Crippen molar-refractivity contribution in [2.45, 2.75) is 51.2 Å². The van der Waals surface area contributed by atoms with Crippen LogP contribution in [0.4, 0.5) is 5.69 Å². The number of fused-ring (bicyclic) bond motifs is 2. The van der Waals surface area contributed by atoms with Gasteiger partial charge in [-0.3, -0.25) is 9.69 Å². The standard InChI is InChI=1S/C20H30ClN3O3/c1-12(2)4-5-24-14-6-13(7-15(24)11-27-10-14)23-20(25)16-8-17(21)18(22)9-19(16)26-3/h8-9,12-15H,4-7,10-11,22H2,1-3H3,(H,23,25). The zero-order valence-electron chi connectivity index (χ0n) is 16.3. The SMILES string of the molecule is COc1cc(N)c(Cl)cc1C(=O)NC1CC2COCC(C1)N2CCC(C)C. The number of nitrogen functional groups attached to an aromatic ring is 1. The highest BCUT2D eigenvalue weighted by Gasteiger charge is 2.39. The van der Waals surface area contributed by atoms with Crippen molar-refractivity contribution in [2.75, 3.05) is 32.6 Å². The highest BCUT2D eigenvalue weighted by Crippen LogP contribution is 2.31. The smallest absolute Gasteiger partial charge is 0.255 e. The van der Waals surface area contributed by atoms with Gasteiger partial charge in [-0.2, -0.15) is 0 Å². The number of hydrogen-bond donors (Lipinski definition) is 2.